The SMILES string of the molecule is COc1ccc(C[C@H](Nc2nc3ccc(N(C)C)c(C)c3c(=O)o2)C(=O)N(C)Cc2ccccc2)cc1. The smallest absolute Gasteiger partial charge is 0.348 e. The van der Waals surface area contributed by atoms with Crippen molar-refractivity contribution in [3.8, 4) is 5.75 Å². The Kier molecular flexibility index (Phi) is 7.77. The second-order valence-corrected chi connectivity index (χ2v) is 9.23. The van der Waals surface area contributed by atoms with Crippen molar-refractivity contribution in [2.45, 2.75) is 25.9 Å². The average Bonchev–Trinajstić information content (AvgIpc) is 2.88. The minimum atomic E-state index is -0.711. The van der Waals surface area contributed by atoms with Crippen LogP contribution in [0.3, 0.4) is 0 Å². The molecule has 4 rings (SSSR count). The Balaban J connectivity index is 1.65. The lowest BCUT2D eigenvalue weighted by molar-refractivity contribution is -0.131. The summed E-state index contributed by atoms with van der Waals surface area (Å²) in [6.45, 7) is 2.32. The van der Waals surface area contributed by atoms with Gasteiger partial charge in [0.2, 0.25) is 5.91 Å². The Bertz CT molecular complexity index is 1430. The first kappa shape index (κ1) is 25.8. The van der Waals surface area contributed by atoms with Crippen molar-refractivity contribution in [2.75, 3.05) is 38.5 Å². The molecule has 8 heteroatoms. The highest BCUT2D eigenvalue weighted by molar-refractivity contribution is 5.87. The molecule has 0 fully saturated rings. The summed E-state index contributed by atoms with van der Waals surface area (Å²) in [6, 6.07) is 20.3. The lowest BCUT2D eigenvalue weighted by Gasteiger charge is -2.25. The third kappa shape index (κ3) is 5.91. The number of anilines is 2. The van der Waals surface area contributed by atoms with Crippen LogP contribution < -0.4 is 20.6 Å². The summed E-state index contributed by atoms with van der Waals surface area (Å²) in [5.74, 6) is 0.582. The maximum Gasteiger partial charge on any atom is 0.348 e. The molecule has 0 bridgehead atoms. The van der Waals surface area contributed by atoms with Crippen molar-refractivity contribution >= 4 is 28.5 Å². The number of aromatic nitrogens is 1. The van der Waals surface area contributed by atoms with E-state index >= 15 is 0 Å². The van der Waals surface area contributed by atoms with Crippen LogP contribution in [0, 0.1) is 6.92 Å². The van der Waals surface area contributed by atoms with E-state index in [1.54, 1.807) is 25.1 Å². The molecule has 1 heterocycles. The van der Waals surface area contributed by atoms with Gasteiger partial charge < -0.3 is 24.3 Å². The van der Waals surface area contributed by atoms with Gasteiger partial charge in [-0.05, 0) is 47.9 Å². The number of likely N-dealkylation sites (N-methyl/N-ethyl adjacent to an activating group) is 1. The van der Waals surface area contributed by atoms with E-state index in [-0.39, 0.29) is 11.9 Å². The van der Waals surface area contributed by atoms with E-state index in [1.165, 1.54) is 0 Å². The number of hydrogen-bond donors (Lipinski definition) is 1. The van der Waals surface area contributed by atoms with Gasteiger partial charge in [0.05, 0.1) is 18.0 Å². The Morgan fingerprint density at radius 3 is 2.35 bits per heavy atom. The number of carbonyl (C=O) groups is 1. The molecule has 0 spiro atoms. The van der Waals surface area contributed by atoms with Crippen LogP contribution in [0.15, 0.2) is 75.9 Å². The third-order valence-corrected chi connectivity index (χ3v) is 6.35. The standard InChI is InChI=1S/C29H32N4O4/c1-19-25(32(2)3)16-15-23-26(19)28(35)37-29(30-23)31-24(17-20-11-13-22(36-5)14-12-20)27(34)33(4)18-21-9-7-6-8-10-21/h6-16,24H,17-18H2,1-5H3,(H,30,31)/t24-/m0/s1. The van der Waals surface area contributed by atoms with Crippen LogP contribution in [-0.4, -0.2) is 50.1 Å². The molecule has 0 radical (unpaired) electrons. The van der Waals surface area contributed by atoms with Crippen molar-refractivity contribution in [3.63, 3.8) is 0 Å². The molecule has 0 saturated carbocycles. The zero-order chi connectivity index (χ0) is 26.5. The predicted molar refractivity (Wildman–Crippen MR) is 146 cm³/mol. The van der Waals surface area contributed by atoms with Gasteiger partial charge in [0.25, 0.3) is 6.01 Å². The van der Waals surface area contributed by atoms with Gasteiger partial charge in [-0.3, -0.25) is 4.79 Å². The van der Waals surface area contributed by atoms with Gasteiger partial charge in [-0.2, -0.15) is 4.98 Å². The summed E-state index contributed by atoms with van der Waals surface area (Å²) in [6.07, 6.45) is 0.365. The minimum absolute atomic E-state index is 0.00877. The molecule has 1 N–H and O–H groups in total. The molecule has 0 saturated heterocycles. The number of methoxy groups -OCH3 is 1. The van der Waals surface area contributed by atoms with Crippen LogP contribution in [0.1, 0.15) is 16.7 Å². The summed E-state index contributed by atoms with van der Waals surface area (Å²) in [5.41, 5.74) is 3.66. The van der Waals surface area contributed by atoms with Crippen LogP contribution in [0.25, 0.3) is 10.9 Å². The van der Waals surface area contributed by atoms with Gasteiger partial charge >= 0.3 is 5.63 Å². The van der Waals surface area contributed by atoms with Gasteiger partial charge in [-0.1, -0.05) is 42.5 Å². The normalized spacial score (nSPS) is 11.7. The Morgan fingerprint density at radius 1 is 1.00 bits per heavy atom. The summed E-state index contributed by atoms with van der Waals surface area (Å²) in [5, 5.41) is 3.53. The minimum Gasteiger partial charge on any atom is -0.497 e. The lowest BCUT2D eigenvalue weighted by atomic mass is 10.0. The summed E-state index contributed by atoms with van der Waals surface area (Å²) in [7, 11) is 7.20. The Morgan fingerprint density at radius 2 is 1.70 bits per heavy atom. The van der Waals surface area contributed by atoms with Crippen LogP contribution in [-0.2, 0) is 17.8 Å². The second kappa shape index (κ2) is 11.2. The molecule has 0 aliphatic carbocycles. The summed E-state index contributed by atoms with van der Waals surface area (Å²) in [4.78, 5) is 34.7. The maximum absolute atomic E-state index is 13.6. The third-order valence-electron chi connectivity index (χ3n) is 6.35. The van der Waals surface area contributed by atoms with Crippen LogP contribution in [0.2, 0.25) is 0 Å². The van der Waals surface area contributed by atoms with Crippen molar-refractivity contribution in [1.82, 2.24) is 9.88 Å². The van der Waals surface area contributed by atoms with Crippen molar-refractivity contribution in [2.24, 2.45) is 0 Å². The molecule has 3 aromatic carbocycles. The van der Waals surface area contributed by atoms with Crippen molar-refractivity contribution in [3.05, 3.63) is 93.8 Å². The zero-order valence-corrected chi connectivity index (χ0v) is 21.8. The molecule has 0 aliphatic heterocycles. The molecule has 1 aromatic heterocycles. The summed E-state index contributed by atoms with van der Waals surface area (Å²) >= 11 is 0. The highest BCUT2D eigenvalue weighted by Gasteiger charge is 2.25. The Labute approximate surface area is 216 Å². The van der Waals surface area contributed by atoms with Gasteiger partial charge in [0, 0.05) is 39.8 Å². The van der Waals surface area contributed by atoms with E-state index in [9.17, 15) is 9.59 Å². The first-order chi connectivity index (χ1) is 17.8. The van der Waals surface area contributed by atoms with Crippen molar-refractivity contribution in [1.29, 1.82) is 0 Å². The van der Waals surface area contributed by atoms with Crippen LogP contribution in [0.4, 0.5) is 11.7 Å². The number of aryl methyl sites for hydroxylation is 1. The molecule has 37 heavy (non-hydrogen) atoms. The maximum atomic E-state index is 13.6. The predicted octanol–water partition coefficient (Wildman–Crippen LogP) is 4.25. The molecule has 8 nitrogen and oxygen atoms in total. The van der Waals surface area contributed by atoms with Gasteiger partial charge in [0.1, 0.15) is 11.8 Å². The number of carbonyl (C=O) groups excluding carboxylic acids is 1. The average molecular weight is 501 g/mol. The number of benzene rings is 3. The topological polar surface area (TPSA) is 87.9 Å². The molecule has 192 valence electrons. The lowest BCUT2D eigenvalue weighted by Crippen LogP contribution is -2.42. The number of nitrogens with one attached hydrogen (secondary N) is 1. The van der Waals surface area contributed by atoms with E-state index in [0.717, 1.165) is 28.1 Å². The molecule has 0 aliphatic rings. The number of nitrogens with zero attached hydrogens (tertiary/aromatic N) is 3. The molecule has 1 atom stereocenters. The highest BCUT2D eigenvalue weighted by atomic mass is 16.5. The molecule has 1 amide bonds. The first-order valence-corrected chi connectivity index (χ1v) is 12.1. The zero-order valence-electron chi connectivity index (χ0n) is 21.8. The number of fused-ring (bicyclic) bond motifs is 1. The number of hydrogen-bond acceptors (Lipinski definition) is 7. The van der Waals surface area contributed by atoms with E-state index in [4.69, 9.17) is 9.15 Å². The molecule has 0 unspecified atom stereocenters. The summed E-state index contributed by atoms with van der Waals surface area (Å²) < 4.78 is 10.8. The van der Waals surface area contributed by atoms with Crippen molar-refractivity contribution < 1.29 is 13.9 Å². The highest BCUT2D eigenvalue weighted by Crippen LogP contribution is 2.25. The van der Waals surface area contributed by atoms with Gasteiger partial charge in [-0.15, -0.1) is 0 Å². The van der Waals surface area contributed by atoms with Gasteiger partial charge in [0.15, 0.2) is 0 Å². The van der Waals surface area contributed by atoms with E-state index in [0.29, 0.717) is 23.9 Å². The van der Waals surface area contributed by atoms with E-state index in [1.807, 2.05) is 86.6 Å². The fourth-order valence-electron chi connectivity index (χ4n) is 4.40. The second-order valence-electron chi connectivity index (χ2n) is 9.23. The first-order valence-electron chi connectivity index (χ1n) is 12.1. The fraction of sp³-hybridized carbons (Fsp3) is 0.276. The van der Waals surface area contributed by atoms with E-state index in [2.05, 4.69) is 10.3 Å². The largest absolute Gasteiger partial charge is 0.497 e. The van der Waals surface area contributed by atoms with E-state index < -0.39 is 11.7 Å². The molecular formula is C29H32N4O4. The molecule has 4 aromatic rings. The number of amides is 1. The number of ether oxygens (including phenoxy) is 1. The van der Waals surface area contributed by atoms with Gasteiger partial charge in [-0.25, -0.2) is 4.79 Å². The molecular weight excluding hydrogens is 468 g/mol. The van der Waals surface area contributed by atoms with Crippen LogP contribution in [0.5, 0.6) is 5.75 Å². The Hall–Kier alpha value is -4.33. The quantitative estimate of drug-likeness (QED) is 0.368. The monoisotopic (exact) mass is 500 g/mol. The van der Waals surface area contributed by atoms with Crippen LogP contribution >= 0.6 is 0 Å². The number of rotatable bonds is 9. The fourth-order valence-corrected chi connectivity index (χ4v) is 4.40.